The van der Waals surface area contributed by atoms with Crippen LogP contribution >= 0.6 is 0 Å². The Kier molecular flexibility index (Phi) is 8.18. The lowest BCUT2D eigenvalue weighted by atomic mass is 10.2. The molecule has 198 valence electrons. The van der Waals surface area contributed by atoms with Crippen molar-refractivity contribution in [3.05, 3.63) is 106 Å². The summed E-state index contributed by atoms with van der Waals surface area (Å²) >= 11 is 0. The number of nitrogens with zero attached hydrogens (tertiary/aromatic N) is 2. The number of pyridine rings is 2. The lowest BCUT2D eigenvalue weighted by Gasteiger charge is -2.14. The molecule has 0 aliphatic carbocycles. The summed E-state index contributed by atoms with van der Waals surface area (Å²) in [5.41, 5.74) is 6.25. The molecule has 39 heavy (non-hydrogen) atoms. The number of anilines is 1. The first-order valence-electron chi connectivity index (χ1n) is 11.5. The average molecular weight is 533 g/mol. The van der Waals surface area contributed by atoms with Gasteiger partial charge >= 0.3 is 0 Å². The number of carbonyl (C=O) groups excluding carboxylic acids is 1. The predicted molar refractivity (Wildman–Crippen MR) is 139 cm³/mol. The largest absolute Gasteiger partial charge is 0.496 e. The molecule has 0 unspecified atom stereocenters. The summed E-state index contributed by atoms with van der Waals surface area (Å²) in [6, 6.07) is 12.0. The third-order valence-electron chi connectivity index (χ3n) is 5.49. The summed E-state index contributed by atoms with van der Waals surface area (Å²) in [6.45, 7) is -0.314. The molecule has 0 bridgehead atoms. The number of nitrogens with two attached hydrogens (primary N) is 1. The smallest absolute Gasteiger partial charge is 0.258 e. The van der Waals surface area contributed by atoms with E-state index in [1.807, 2.05) is 0 Å². The van der Waals surface area contributed by atoms with Gasteiger partial charge in [0.15, 0.2) is 11.6 Å². The number of aliphatic hydroxyl groups is 1. The predicted octanol–water partition coefficient (Wildman–Crippen LogP) is 3.17. The lowest BCUT2D eigenvalue weighted by molar-refractivity contribution is 0.0947. The third kappa shape index (κ3) is 6.20. The van der Waals surface area contributed by atoms with E-state index in [1.54, 1.807) is 0 Å². The van der Waals surface area contributed by atoms with Crippen molar-refractivity contribution in [3.8, 4) is 34.8 Å². The highest BCUT2D eigenvalue weighted by Gasteiger charge is 2.17. The maximum atomic E-state index is 15.1. The number of hydrogen-bond donors (Lipinski definition) is 3. The molecule has 1 amide bonds. The first kappa shape index (κ1) is 26.8. The third-order valence-corrected chi connectivity index (χ3v) is 5.49. The van der Waals surface area contributed by atoms with Crippen molar-refractivity contribution >= 4 is 11.7 Å². The highest BCUT2D eigenvalue weighted by atomic mass is 19.1. The number of halogens is 2. The molecule has 0 atom stereocenters. The fourth-order valence-corrected chi connectivity index (χ4v) is 3.58. The molecule has 0 aliphatic rings. The van der Waals surface area contributed by atoms with Gasteiger partial charge < -0.3 is 25.6 Å². The molecule has 0 fully saturated rings. The van der Waals surface area contributed by atoms with Gasteiger partial charge in [0.2, 0.25) is 0 Å². The van der Waals surface area contributed by atoms with Crippen molar-refractivity contribution in [2.24, 2.45) is 0 Å². The molecule has 0 spiro atoms. The number of amides is 1. The number of aromatic nitrogens is 2. The van der Waals surface area contributed by atoms with Gasteiger partial charge in [-0.3, -0.25) is 14.2 Å². The normalized spacial score (nSPS) is 10.4. The second kappa shape index (κ2) is 11.9. The summed E-state index contributed by atoms with van der Waals surface area (Å²) in [5.74, 6) is 3.30. The minimum atomic E-state index is -0.811. The van der Waals surface area contributed by atoms with Crippen LogP contribution in [0.15, 0.2) is 71.8 Å². The molecule has 4 N–H and O–H groups in total. The number of carbonyl (C=O) groups is 1. The van der Waals surface area contributed by atoms with Crippen LogP contribution < -0.4 is 26.1 Å². The Balaban J connectivity index is 1.62. The maximum Gasteiger partial charge on any atom is 0.258 e. The standard InChI is InChI=1S/C28H22F2N4O5/c1-38-25-14-26(36)34(16-21(25)28(37)33-15-17-4-6-18(29)7-5-17)19-8-9-24(22(30)13-19)39-23-10-11-32-27(31)20(23)3-2-12-35/h4-11,13-14,16,35H,12,15H2,1H3,(H2,31,32)(H,33,37). The van der Waals surface area contributed by atoms with E-state index in [0.717, 1.165) is 16.7 Å². The van der Waals surface area contributed by atoms with Crippen LogP contribution in [0.3, 0.4) is 0 Å². The molecule has 4 aromatic rings. The number of benzene rings is 2. The van der Waals surface area contributed by atoms with E-state index in [4.69, 9.17) is 20.3 Å². The quantitative estimate of drug-likeness (QED) is 0.312. The van der Waals surface area contributed by atoms with Crippen LogP contribution in [0.2, 0.25) is 0 Å². The van der Waals surface area contributed by atoms with Gasteiger partial charge in [0.25, 0.3) is 11.5 Å². The fraction of sp³-hybridized carbons (Fsp3) is 0.107. The molecule has 0 saturated carbocycles. The zero-order valence-corrected chi connectivity index (χ0v) is 20.6. The van der Waals surface area contributed by atoms with E-state index >= 15 is 4.39 Å². The fourth-order valence-electron chi connectivity index (χ4n) is 3.58. The van der Waals surface area contributed by atoms with Crippen LogP contribution in [0.1, 0.15) is 21.5 Å². The maximum absolute atomic E-state index is 15.1. The van der Waals surface area contributed by atoms with Gasteiger partial charge in [-0.25, -0.2) is 13.8 Å². The van der Waals surface area contributed by atoms with Crippen LogP contribution in [-0.4, -0.2) is 34.3 Å². The highest BCUT2D eigenvalue weighted by molar-refractivity contribution is 5.96. The number of ether oxygens (including phenoxy) is 2. The summed E-state index contributed by atoms with van der Waals surface area (Å²) in [7, 11) is 1.31. The van der Waals surface area contributed by atoms with E-state index in [0.29, 0.717) is 5.56 Å². The van der Waals surface area contributed by atoms with Gasteiger partial charge in [-0.05, 0) is 29.8 Å². The van der Waals surface area contributed by atoms with Crippen molar-refractivity contribution in [1.82, 2.24) is 14.9 Å². The van der Waals surface area contributed by atoms with Gasteiger partial charge in [-0.1, -0.05) is 24.0 Å². The van der Waals surface area contributed by atoms with Gasteiger partial charge in [0.1, 0.15) is 35.3 Å². The number of hydrogen-bond acceptors (Lipinski definition) is 7. The molecule has 2 aromatic heterocycles. The van der Waals surface area contributed by atoms with Crippen molar-refractivity contribution in [3.63, 3.8) is 0 Å². The van der Waals surface area contributed by atoms with Crippen molar-refractivity contribution < 1.29 is 28.2 Å². The summed E-state index contributed by atoms with van der Waals surface area (Å²) < 4.78 is 40.2. The molecule has 0 saturated heterocycles. The van der Waals surface area contributed by atoms with E-state index in [2.05, 4.69) is 22.1 Å². The molecule has 2 aromatic carbocycles. The number of nitrogen functional groups attached to an aromatic ring is 1. The highest BCUT2D eigenvalue weighted by Crippen LogP contribution is 2.30. The number of aliphatic hydroxyl groups excluding tert-OH is 1. The Labute approximate surface area is 221 Å². The summed E-state index contributed by atoms with van der Waals surface area (Å²) in [5, 5.41) is 11.7. The van der Waals surface area contributed by atoms with Crippen LogP contribution in [-0.2, 0) is 6.54 Å². The Hall–Kier alpha value is -5.21. The molecule has 4 rings (SSSR count). The molecule has 9 nitrogen and oxygen atoms in total. The van der Waals surface area contributed by atoms with Gasteiger partial charge in [-0.15, -0.1) is 0 Å². The Morgan fingerprint density at radius 1 is 1.10 bits per heavy atom. The Bertz CT molecular complexity index is 1640. The first-order chi connectivity index (χ1) is 18.8. The van der Waals surface area contributed by atoms with E-state index in [9.17, 15) is 14.0 Å². The second-order valence-corrected chi connectivity index (χ2v) is 8.02. The van der Waals surface area contributed by atoms with Gasteiger partial charge in [0, 0.05) is 37.1 Å². The van der Waals surface area contributed by atoms with Gasteiger partial charge in [0.05, 0.1) is 18.4 Å². The minimum absolute atomic E-state index is 0.0271. The molecule has 0 radical (unpaired) electrons. The molecular weight excluding hydrogens is 510 g/mol. The van der Waals surface area contributed by atoms with E-state index < -0.39 is 29.7 Å². The van der Waals surface area contributed by atoms with Gasteiger partial charge in [-0.2, -0.15) is 0 Å². The summed E-state index contributed by atoms with van der Waals surface area (Å²) in [6.07, 6.45) is 2.60. The average Bonchev–Trinajstić information content (AvgIpc) is 2.93. The Morgan fingerprint density at radius 3 is 2.56 bits per heavy atom. The van der Waals surface area contributed by atoms with Crippen molar-refractivity contribution in [1.29, 1.82) is 0 Å². The van der Waals surface area contributed by atoms with Crippen LogP contribution in [0.4, 0.5) is 14.6 Å². The topological polar surface area (TPSA) is 129 Å². The first-order valence-corrected chi connectivity index (χ1v) is 11.5. The zero-order chi connectivity index (χ0) is 27.9. The number of methoxy groups -OCH3 is 1. The van der Waals surface area contributed by atoms with Crippen LogP contribution in [0.5, 0.6) is 17.2 Å². The van der Waals surface area contributed by atoms with Crippen LogP contribution in [0, 0.1) is 23.5 Å². The van der Waals surface area contributed by atoms with E-state index in [-0.39, 0.29) is 46.4 Å². The molecule has 2 heterocycles. The molecule has 0 aliphatic heterocycles. The summed E-state index contributed by atoms with van der Waals surface area (Å²) in [4.78, 5) is 29.6. The van der Waals surface area contributed by atoms with Crippen molar-refractivity contribution in [2.75, 3.05) is 19.5 Å². The molecule has 11 heteroatoms. The van der Waals surface area contributed by atoms with Crippen LogP contribution in [0.25, 0.3) is 5.69 Å². The molecular formula is C28H22F2N4O5. The lowest BCUT2D eigenvalue weighted by Crippen LogP contribution is -2.27. The zero-order valence-electron chi connectivity index (χ0n) is 20.6. The van der Waals surface area contributed by atoms with E-state index in [1.165, 1.54) is 62.0 Å². The second-order valence-electron chi connectivity index (χ2n) is 8.02. The minimum Gasteiger partial charge on any atom is -0.496 e. The monoisotopic (exact) mass is 532 g/mol. The number of nitrogens with one attached hydrogen (secondary N) is 1. The SMILES string of the molecule is COc1cc(=O)n(-c2ccc(Oc3ccnc(N)c3C#CCO)c(F)c2)cc1C(=O)NCc1ccc(F)cc1. The number of rotatable bonds is 7. The van der Waals surface area contributed by atoms with Crippen molar-refractivity contribution in [2.45, 2.75) is 6.54 Å². The Morgan fingerprint density at radius 2 is 1.87 bits per heavy atom.